The molecule has 1 atom stereocenters. The maximum atomic E-state index is 13.0. The zero-order valence-corrected chi connectivity index (χ0v) is 19.8. The molecule has 34 heavy (non-hydrogen) atoms. The van der Waals surface area contributed by atoms with Crippen LogP contribution in [0.15, 0.2) is 45.1 Å². The van der Waals surface area contributed by atoms with Gasteiger partial charge in [0.05, 0.1) is 12.0 Å². The largest absolute Gasteiger partial charge is 0.434 e. The van der Waals surface area contributed by atoms with Crippen LogP contribution in [0.1, 0.15) is 44.7 Å². The maximum absolute atomic E-state index is 13.0. The molecule has 0 radical (unpaired) electrons. The smallest absolute Gasteiger partial charge is 0.386 e. The minimum absolute atomic E-state index is 0.0344. The van der Waals surface area contributed by atoms with Crippen molar-refractivity contribution in [1.29, 1.82) is 0 Å². The molecule has 0 saturated carbocycles. The normalized spacial score (nSPS) is 24.2. The first-order chi connectivity index (χ1) is 15.6. The predicted octanol–water partition coefficient (Wildman–Crippen LogP) is 3.29. The van der Waals surface area contributed by atoms with E-state index in [9.17, 15) is 26.4 Å². The number of nitrogens with two attached hydrogens (primary N) is 1. The van der Waals surface area contributed by atoms with Crippen LogP contribution >= 0.6 is 0 Å². The Labute approximate surface area is 195 Å². The second-order valence-corrected chi connectivity index (χ2v) is 11.4. The lowest BCUT2D eigenvalue weighted by Crippen LogP contribution is -2.56. The first-order valence-electron chi connectivity index (χ1n) is 10.4. The van der Waals surface area contributed by atoms with Gasteiger partial charge in [0.1, 0.15) is 21.8 Å². The molecule has 3 rings (SSSR count). The van der Waals surface area contributed by atoms with Crippen LogP contribution in [0.2, 0.25) is 0 Å². The lowest BCUT2D eigenvalue weighted by atomic mass is 9.77. The van der Waals surface area contributed by atoms with Gasteiger partial charge in [0.2, 0.25) is 0 Å². The van der Waals surface area contributed by atoms with Crippen molar-refractivity contribution in [2.45, 2.75) is 56.5 Å². The lowest BCUT2D eigenvalue weighted by Gasteiger charge is -2.43. The Balaban J connectivity index is 1.95. The van der Waals surface area contributed by atoms with E-state index >= 15 is 0 Å². The van der Waals surface area contributed by atoms with Gasteiger partial charge in [0, 0.05) is 5.69 Å². The third-order valence-electron chi connectivity index (χ3n) is 6.23. The van der Waals surface area contributed by atoms with Crippen molar-refractivity contribution in [2.24, 2.45) is 20.7 Å². The number of hydrogen-bond acceptors (Lipinski definition) is 7. The van der Waals surface area contributed by atoms with E-state index in [2.05, 4.69) is 27.0 Å². The van der Waals surface area contributed by atoms with E-state index in [1.54, 1.807) is 18.2 Å². The summed E-state index contributed by atoms with van der Waals surface area (Å²) in [6.07, 6.45) is -2.40. The number of rotatable bonds is 4. The Bertz CT molecular complexity index is 1230. The molecule has 8 nitrogen and oxygen atoms in total. The molecule has 1 aromatic rings. The number of halogens is 3. The number of hydrogen-bond donors (Lipinski definition) is 2. The molecule has 0 fully saturated rings. The van der Waals surface area contributed by atoms with Gasteiger partial charge in [-0.05, 0) is 70.0 Å². The molecule has 3 N–H and O–H groups in total. The van der Waals surface area contributed by atoms with Crippen LogP contribution in [-0.4, -0.2) is 49.3 Å². The third kappa shape index (κ3) is 4.63. The van der Waals surface area contributed by atoms with Crippen molar-refractivity contribution < 1.29 is 26.4 Å². The zero-order valence-electron chi connectivity index (χ0n) is 19.0. The van der Waals surface area contributed by atoms with Gasteiger partial charge in [-0.15, -0.1) is 0 Å². The quantitative estimate of drug-likeness (QED) is 0.619. The molecule has 1 spiro atoms. The van der Waals surface area contributed by atoms with Gasteiger partial charge in [0.25, 0.3) is 5.91 Å². The number of allylic oxidation sites excluding steroid dienone is 1. The Morgan fingerprint density at radius 2 is 2.00 bits per heavy atom. The summed E-state index contributed by atoms with van der Waals surface area (Å²) in [6.45, 7) is 7.16. The van der Waals surface area contributed by atoms with Crippen LogP contribution < -0.4 is 11.1 Å². The van der Waals surface area contributed by atoms with Gasteiger partial charge in [0.15, 0.2) is 15.5 Å². The molecule has 2 aliphatic rings. The van der Waals surface area contributed by atoms with Gasteiger partial charge in [-0.1, -0.05) is 6.07 Å². The summed E-state index contributed by atoms with van der Waals surface area (Å²) in [5.74, 6) is -0.905. The van der Waals surface area contributed by atoms with E-state index in [-0.39, 0.29) is 17.3 Å². The third-order valence-corrected chi connectivity index (χ3v) is 8.85. The average molecular weight is 498 g/mol. The average Bonchev–Trinajstić information content (AvgIpc) is 2.72. The van der Waals surface area contributed by atoms with Crippen molar-refractivity contribution in [3.8, 4) is 0 Å². The molecule has 1 aliphatic heterocycles. The number of anilines is 1. The summed E-state index contributed by atoms with van der Waals surface area (Å²) >= 11 is 0. The molecule has 184 valence electrons. The molecule has 1 amide bonds. The van der Waals surface area contributed by atoms with Crippen molar-refractivity contribution in [1.82, 2.24) is 0 Å². The van der Waals surface area contributed by atoms with E-state index in [1.165, 1.54) is 20.8 Å². The van der Waals surface area contributed by atoms with Crippen LogP contribution in [0.25, 0.3) is 0 Å². The number of aryl methyl sites for hydroxylation is 1. The number of nitrogens with one attached hydrogen (secondary N) is 1. The Morgan fingerprint density at radius 1 is 1.32 bits per heavy atom. The highest BCUT2D eigenvalue weighted by atomic mass is 32.2. The van der Waals surface area contributed by atoms with Gasteiger partial charge in [-0.25, -0.2) is 8.42 Å². The van der Waals surface area contributed by atoms with E-state index in [1.807, 2.05) is 0 Å². The minimum Gasteiger partial charge on any atom is -0.386 e. The number of alkyl halides is 3. The number of carbonyl (C=O) groups excluding carboxylic acids is 1. The topological polar surface area (TPSA) is 126 Å². The van der Waals surface area contributed by atoms with Gasteiger partial charge in [-0.3, -0.25) is 19.8 Å². The number of benzene rings is 1. The molecule has 1 aromatic carbocycles. The number of nitrogens with zero attached hydrogens (tertiary/aromatic N) is 3. The number of aliphatic imine (C=N–C) groups is 3. The van der Waals surface area contributed by atoms with Gasteiger partial charge < -0.3 is 11.1 Å². The molecule has 0 unspecified atom stereocenters. The molecular weight excluding hydrogens is 471 g/mol. The Hall–Kier alpha value is -3.02. The van der Waals surface area contributed by atoms with Crippen molar-refractivity contribution in [2.75, 3.05) is 11.1 Å². The first kappa shape index (κ1) is 25.6. The number of sulfone groups is 1. The van der Waals surface area contributed by atoms with Crippen molar-refractivity contribution >= 4 is 39.7 Å². The van der Waals surface area contributed by atoms with Crippen molar-refractivity contribution in [3.05, 3.63) is 41.2 Å². The molecule has 0 saturated heterocycles. The Kier molecular flexibility index (Phi) is 6.51. The Morgan fingerprint density at radius 3 is 2.59 bits per heavy atom. The van der Waals surface area contributed by atoms with Crippen LogP contribution in [0.4, 0.5) is 18.9 Å². The number of carbonyl (C=O) groups is 1. The summed E-state index contributed by atoms with van der Waals surface area (Å²) < 4.78 is 63.0. The zero-order chi connectivity index (χ0) is 25.5. The van der Waals surface area contributed by atoms with E-state index in [0.717, 1.165) is 12.0 Å². The van der Waals surface area contributed by atoms with Gasteiger partial charge in [-0.2, -0.15) is 13.2 Å². The molecule has 0 bridgehead atoms. The van der Waals surface area contributed by atoms with E-state index in [4.69, 9.17) is 5.73 Å². The summed E-state index contributed by atoms with van der Waals surface area (Å²) in [7, 11) is -3.62. The number of amidine groups is 1. The molecule has 0 aromatic heterocycles. The fraction of sp³-hybridized carbons (Fsp3) is 0.455. The fourth-order valence-corrected chi connectivity index (χ4v) is 5.69. The van der Waals surface area contributed by atoms with Crippen LogP contribution in [0, 0.1) is 0 Å². The van der Waals surface area contributed by atoms with Crippen LogP contribution in [0.5, 0.6) is 0 Å². The summed E-state index contributed by atoms with van der Waals surface area (Å²) in [4.78, 5) is 23.6. The number of amides is 1. The molecular formula is C22H26F3N5O3S. The lowest BCUT2D eigenvalue weighted by molar-refractivity contribution is -0.110. The second kappa shape index (κ2) is 8.64. The summed E-state index contributed by atoms with van der Waals surface area (Å²) in [5.41, 5.74) is 5.36. The van der Waals surface area contributed by atoms with E-state index < -0.39 is 37.9 Å². The fourth-order valence-electron chi connectivity index (χ4n) is 3.97. The summed E-state index contributed by atoms with van der Waals surface area (Å²) in [6, 6.07) is 5.06. The summed E-state index contributed by atoms with van der Waals surface area (Å²) in [5, 5.41) is 2.59. The minimum atomic E-state index is -4.74. The van der Waals surface area contributed by atoms with E-state index in [0.29, 0.717) is 30.3 Å². The molecule has 1 heterocycles. The standard InChI is InChI=1S/C22H26F3N5O3S/c1-13(28-11-17(27-4)22(23,24)25)18(31)29-15-8-7-14-6-5-9-21(16(14)10-15)12-34(32,33)20(2,3)19(26)30-21/h7-8,10-11H,4-6,9,12H2,1-3H3,(H2,26,30)(H,29,31)/b17-11-,28-13?/t21-/m0/s1. The van der Waals surface area contributed by atoms with Crippen LogP contribution in [0.3, 0.4) is 0 Å². The maximum Gasteiger partial charge on any atom is 0.434 e. The predicted molar refractivity (Wildman–Crippen MR) is 126 cm³/mol. The van der Waals surface area contributed by atoms with Crippen LogP contribution in [-0.2, 0) is 26.6 Å². The highest BCUT2D eigenvalue weighted by Gasteiger charge is 2.51. The monoisotopic (exact) mass is 497 g/mol. The number of fused-ring (bicyclic) bond motifs is 2. The van der Waals surface area contributed by atoms with Crippen molar-refractivity contribution in [3.63, 3.8) is 0 Å². The molecule has 12 heteroatoms. The highest BCUT2D eigenvalue weighted by molar-refractivity contribution is 7.93. The molecule has 1 aliphatic carbocycles. The second-order valence-electron chi connectivity index (χ2n) is 8.86. The highest BCUT2D eigenvalue weighted by Crippen LogP contribution is 2.45. The van der Waals surface area contributed by atoms with Gasteiger partial charge >= 0.3 is 6.18 Å². The SMILES string of the molecule is C=N/C(=C\N=C(C)C(=O)Nc1ccc2c(c1)[C@]1(CCC2)CS(=O)(=O)C(C)(C)C(N)=N1)C(F)(F)F. The first-order valence-corrected chi connectivity index (χ1v) is 12.1.